The van der Waals surface area contributed by atoms with E-state index in [1.165, 1.54) is 0 Å². The minimum atomic E-state index is -0.175. The van der Waals surface area contributed by atoms with E-state index in [-0.39, 0.29) is 12.1 Å². The number of rotatable bonds is 4. The third kappa shape index (κ3) is 4.58. The molecule has 0 aromatic rings. The van der Waals surface area contributed by atoms with Crippen molar-refractivity contribution in [3.05, 3.63) is 0 Å². The highest BCUT2D eigenvalue weighted by molar-refractivity contribution is 5.71. The summed E-state index contributed by atoms with van der Waals surface area (Å²) in [5, 5.41) is 3.17. The number of ether oxygens (including phenoxy) is 2. The summed E-state index contributed by atoms with van der Waals surface area (Å²) in [7, 11) is 0. The normalized spacial score (nSPS) is 18.5. The van der Waals surface area contributed by atoms with Gasteiger partial charge in [0.25, 0.3) is 0 Å². The fourth-order valence-corrected chi connectivity index (χ4v) is 1.43. The number of carbonyl (C=O) groups is 1. The van der Waals surface area contributed by atoms with Crippen LogP contribution in [0.1, 0.15) is 26.7 Å². The molecular weight excluding hydrogens is 182 g/mol. The van der Waals surface area contributed by atoms with Gasteiger partial charge in [-0.15, -0.1) is 0 Å². The summed E-state index contributed by atoms with van der Waals surface area (Å²) < 4.78 is 10.2. The zero-order chi connectivity index (χ0) is 10.4. The monoisotopic (exact) mass is 201 g/mol. The molecule has 1 aliphatic heterocycles. The lowest BCUT2D eigenvalue weighted by Crippen LogP contribution is -2.38. The van der Waals surface area contributed by atoms with E-state index in [4.69, 9.17) is 9.47 Å². The second-order valence-electron chi connectivity index (χ2n) is 3.81. The first kappa shape index (κ1) is 11.5. The van der Waals surface area contributed by atoms with Gasteiger partial charge in [0.15, 0.2) is 0 Å². The summed E-state index contributed by atoms with van der Waals surface area (Å²) in [6, 6.07) is 0.406. The molecule has 1 heterocycles. The SMILES string of the molecule is CC(C)OC(=O)CNC1CCOCC1. The van der Waals surface area contributed by atoms with Crippen LogP contribution in [0.5, 0.6) is 0 Å². The fraction of sp³-hybridized carbons (Fsp3) is 0.900. The van der Waals surface area contributed by atoms with E-state index in [1.54, 1.807) is 0 Å². The molecule has 4 nitrogen and oxygen atoms in total. The Labute approximate surface area is 85.0 Å². The van der Waals surface area contributed by atoms with Crippen LogP contribution >= 0.6 is 0 Å². The molecule has 0 saturated carbocycles. The van der Waals surface area contributed by atoms with Gasteiger partial charge in [-0.25, -0.2) is 0 Å². The van der Waals surface area contributed by atoms with Crippen LogP contribution in [0.15, 0.2) is 0 Å². The maximum atomic E-state index is 11.2. The Morgan fingerprint density at radius 1 is 1.50 bits per heavy atom. The highest BCUT2D eigenvalue weighted by Gasteiger charge is 2.14. The molecule has 82 valence electrons. The van der Waals surface area contributed by atoms with Crippen LogP contribution in [0.3, 0.4) is 0 Å². The highest BCUT2D eigenvalue weighted by atomic mass is 16.5. The second-order valence-corrected chi connectivity index (χ2v) is 3.81. The summed E-state index contributed by atoms with van der Waals surface area (Å²) in [5.41, 5.74) is 0. The minimum Gasteiger partial charge on any atom is -0.462 e. The number of carbonyl (C=O) groups excluding carboxylic acids is 1. The maximum absolute atomic E-state index is 11.2. The van der Waals surface area contributed by atoms with Crippen molar-refractivity contribution in [1.82, 2.24) is 5.32 Å². The third-order valence-corrected chi connectivity index (χ3v) is 2.12. The van der Waals surface area contributed by atoms with Gasteiger partial charge in [-0.2, -0.15) is 0 Å². The van der Waals surface area contributed by atoms with Gasteiger partial charge in [0.2, 0.25) is 0 Å². The quantitative estimate of drug-likeness (QED) is 0.680. The number of nitrogens with one attached hydrogen (secondary N) is 1. The molecule has 0 amide bonds. The van der Waals surface area contributed by atoms with Gasteiger partial charge in [0, 0.05) is 19.3 Å². The van der Waals surface area contributed by atoms with Crippen molar-refractivity contribution in [3.63, 3.8) is 0 Å². The highest BCUT2D eigenvalue weighted by Crippen LogP contribution is 2.05. The molecule has 0 unspecified atom stereocenters. The number of hydrogen-bond donors (Lipinski definition) is 1. The molecule has 4 heteroatoms. The van der Waals surface area contributed by atoms with Crippen molar-refractivity contribution in [2.24, 2.45) is 0 Å². The maximum Gasteiger partial charge on any atom is 0.320 e. The molecule has 1 N–H and O–H groups in total. The smallest absolute Gasteiger partial charge is 0.320 e. The van der Waals surface area contributed by atoms with E-state index in [1.807, 2.05) is 13.8 Å². The number of esters is 1. The Balaban J connectivity index is 2.09. The summed E-state index contributed by atoms with van der Waals surface area (Å²) in [5.74, 6) is -0.175. The molecule has 0 radical (unpaired) electrons. The molecule has 1 saturated heterocycles. The standard InChI is InChI=1S/C10H19NO3/c1-8(2)14-10(12)7-11-9-3-5-13-6-4-9/h8-9,11H,3-7H2,1-2H3. The van der Waals surface area contributed by atoms with Gasteiger partial charge >= 0.3 is 5.97 Å². The van der Waals surface area contributed by atoms with Gasteiger partial charge in [0.05, 0.1) is 12.6 Å². The first-order valence-corrected chi connectivity index (χ1v) is 5.19. The number of hydrogen-bond acceptors (Lipinski definition) is 4. The summed E-state index contributed by atoms with van der Waals surface area (Å²) in [4.78, 5) is 11.2. The van der Waals surface area contributed by atoms with E-state index in [2.05, 4.69) is 5.32 Å². The molecule has 1 fully saturated rings. The first-order chi connectivity index (χ1) is 6.68. The molecule has 1 rings (SSSR count). The fourth-order valence-electron chi connectivity index (χ4n) is 1.43. The van der Waals surface area contributed by atoms with Crippen molar-refractivity contribution >= 4 is 5.97 Å². The van der Waals surface area contributed by atoms with Crippen molar-refractivity contribution in [1.29, 1.82) is 0 Å². The topological polar surface area (TPSA) is 47.6 Å². The molecule has 1 aliphatic rings. The van der Waals surface area contributed by atoms with E-state index in [9.17, 15) is 4.79 Å². The largest absolute Gasteiger partial charge is 0.462 e. The Bertz CT molecular complexity index is 176. The van der Waals surface area contributed by atoms with E-state index in [0.29, 0.717) is 12.6 Å². The van der Waals surface area contributed by atoms with Crippen molar-refractivity contribution in [3.8, 4) is 0 Å². The predicted octanol–water partition coefficient (Wildman–Crippen LogP) is 0.707. The molecule has 0 spiro atoms. The van der Waals surface area contributed by atoms with Crippen LogP contribution in [0.4, 0.5) is 0 Å². The van der Waals surface area contributed by atoms with Crippen LogP contribution in [0.2, 0.25) is 0 Å². The van der Waals surface area contributed by atoms with Crippen LogP contribution in [-0.4, -0.2) is 37.9 Å². The van der Waals surface area contributed by atoms with Gasteiger partial charge in [-0.3, -0.25) is 4.79 Å². The molecular formula is C10H19NO3. The molecule has 0 aromatic heterocycles. The average Bonchev–Trinajstić information content (AvgIpc) is 2.15. The van der Waals surface area contributed by atoms with Gasteiger partial charge in [-0.1, -0.05) is 0 Å². The van der Waals surface area contributed by atoms with Crippen LogP contribution in [0, 0.1) is 0 Å². The summed E-state index contributed by atoms with van der Waals surface area (Å²) in [6.07, 6.45) is 1.93. The molecule has 0 aromatic carbocycles. The van der Waals surface area contributed by atoms with E-state index >= 15 is 0 Å². The summed E-state index contributed by atoms with van der Waals surface area (Å²) >= 11 is 0. The lowest BCUT2D eigenvalue weighted by atomic mass is 10.1. The van der Waals surface area contributed by atoms with Crippen molar-refractivity contribution in [2.45, 2.75) is 38.8 Å². The molecule has 0 bridgehead atoms. The van der Waals surface area contributed by atoms with E-state index in [0.717, 1.165) is 26.1 Å². The van der Waals surface area contributed by atoms with Gasteiger partial charge in [0.1, 0.15) is 0 Å². The minimum absolute atomic E-state index is 0.0287. The lowest BCUT2D eigenvalue weighted by Gasteiger charge is -2.22. The van der Waals surface area contributed by atoms with Crippen LogP contribution in [0.25, 0.3) is 0 Å². The average molecular weight is 201 g/mol. The molecule has 14 heavy (non-hydrogen) atoms. The van der Waals surface area contributed by atoms with E-state index < -0.39 is 0 Å². The van der Waals surface area contributed by atoms with Crippen molar-refractivity contribution < 1.29 is 14.3 Å². The van der Waals surface area contributed by atoms with Gasteiger partial charge < -0.3 is 14.8 Å². The van der Waals surface area contributed by atoms with Crippen LogP contribution in [-0.2, 0) is 14.3 Å². The Kier molecular flexibility index (Phi) is 4.90. The lowest BCUT2D eigenvalue weighted by molar-refractivity contribution is -0.146. The first-order valence-electron chi connectivity index (χ1n) is 5.19. The molecule has 0 aliphatic carbocycles. The second kappa shape index (κ2) is 5.98. The van der Waals surface area contributed by atoms with Gasteiger partial charge in [-0.05, 0) is 26.7 Å². The van der Waals surface area contributed by atoms with Crippen LogP contribution < -0.4 is 5.32 Å². The zero-order valence-electron chi connectivity index (χ0n) is 8.91. The zero-order valence-corrected chi connectivity index (χ0v) is 8.91. The Morgan fingerprint density at radius 2 is 2.14 bits per heavy atom. The predicted molar refractivity (Wildman–Crippen MR) is 53.1 cm³/mol. The Morgan fingerprint density at radius 3 is 2.71 bits per heavy atom. The summed E-state index contributed by atoms with van der Waals surface area (Å²) in [6.45, 7) is 5.59. The van der Waals surface area contributed by atoms with Crippen molar-refractivity contribution in [2.75, 3.05) is 19.8 Å². The third-order valence-electron chi connectivity index (χ3n) is 2.12. The molecule has 0 atom stereocenters. The Hall–Kier alpha value is -0.610.